The normalized spacial score (nSPS) is 17.1. The molecule has 1 atom stereocenters. The molecule has 1 aliphatic rings. The van der Waals surface area contributed by atoms with Crippen LogP contribution in [0, 0.1) is 0 Å². The van der Waals surface area contributed by atoms with Gasteiger partial charge < -0.3 is 10.6 Å². The lowest BCUT2D eigenvalue weighted by atomic mass is 9.93. The van der Waals surface area contributed by atoms with Crippen molar-refractivity contribution in [2.75, 3.05) is 0 Å². The molecular formula is C17H16N2O2. The number of amides is 2. The summed E-state index contributed by atoms with van der Waals surface area (Å²) < 4.78 is 0. The standard InChI is InChI=1S/C17H16N2O2/c18-16(20)15-10-13-8-4-5-9-14(13)11-19(15)17(21)12-6-2-1-3-7-12/h1-9,15H,10-11H2,(H2,18,20). The predicted molar refractivity (Wildman–Crippen MR) is 79.4 cm³/mol. The maximum atomic E-state index is 12.6. The highest BCUT2D eigenvalue weighted by atomic mass is 16.2. The molecule has 0 aliphatic carbocycles. The fourth-order valence-corrected chi connectivity index (χ4v) is 2.74. The third-order valence-corrected chi connectivity index (χ3v) is 3.86. The molecule has 0 radical (unpaired) electrons. The number of hydrogen-bond donors (Lipinski definition) is 1. The van der Waals surface area contributed by atoms with Gasteiger partial charge in [-0.1, -0.05) is 42.5 Å². The van der Waals surface area contributed by atoms with Gasteiger partial charge in [0.1, 0.15) is 6.04 Å². The van der Waals surface area contributed by atoms with E-state index in [0.717, 1.165) is 11.1 Å². The van der Waals surface area contributed by atoms with Gasteiger partial charge in [-0.2, -0.15) is 0 Å². The minimum atomic E-state index is -0.590. The van der Waals surface area contributed by atoms with Gasteiger partial charge in [-0.3, -0.25) is 9.59 Å². The van der Waals surface area contributed by atoms with E-state index in [1.54, 1.807) is 17.0 Å². The maximum Gasteiger partial charge on any atom is 0.254 e. The third-order valence-electron chi connectivity index (χ3n) is 3.86. The van der Waals surface area contributed by atoms with Crippen molar-refractivity contribution in [3.8, 4) is 0 Å². The Morgan fingerprint density at radius 1 is 0.952 bits per heavy atom. The van der Waals surface area contributed by atoms with Crippen LogP contribution in [0.4, 0.5) is 0 Å². The smallest absolute Gasteiger partial charge is 0.254 e. The lowest BCUT2D eigenvalue weighted by Crippen LogP contribution is -2.51. The highest BCUT2D eigenvalue weighted by Gasteiger charge is 2.33. The van der Waals surface area contributed by atoms with Gasteiger partial charge in [-0.05, 0) is 23.3 Å². The quantitative estimate of drug-likeness (QED) is 0.910. The Morgan fingerprint density at radius 3 is 2.24 bits per heavy atom. The van der Waals surface area contributed by atoms with Crippen LogP contribution in [0.2, 0.25) is 0 Å². The van der Waals surface area contributed by atoms with Crippen molar-refractivity contribution in [1.82, 2.24) is 4.90 Å². The summed E-state index contributed by atoms with van der Waals surface area (Å²) in [7, 11) is 0. The van der Waals surface area contributed by atoms with Crippen LogP contribution in [-0.4, -0.2) is 22.8 Å². The molecule has 21 heavy (non-hydrogen) atoms. The van der Waals surface area contributed by atoms with Crippen LogP contribution in [0.3, 0.4) is 0 Å². The second-order valence-electron chi connectivity index (χ2n) is 5.19. The zero-order valence-corrected chi connectivity index (χ0v) is 11.5. The van der Waals surface area contributed by atoms with Gasteiger partial charge >= 0.3 is 0 Å². The van der Waals surface area contributed by atoms with E-state index in [-0.39, 0.29) is 5.91 Å². The highest BCUT2D eigenvalue weighted by Crippen LogP contribution is 2.24. The highest BCUT2D eigenvalue weighted by molar-refractivity contribution is 5.97. The van der Waals surface area contributed by atoms with Gasteiger partial charge in [0.25, 0.3) is 5.91 Å². The first-order valence-corrected chi connectivity index (χ1v) is 6.89. The molecule has 2 aromatic rings. The number of fused-ring (bicyclic) bond motifs is 1. The van der Waals surface area contributed by atoms with Crippen molar-refractivity contribution in [3.63, 3.8) is 0 Å². The second-order valence-corrected chi connectivity index (χ2v) is 5.19. The van der Waals surface area contributed by atoms with Gasteiger partial charge in [0.2, 0.25) is 5.91 Å². The maximum absolute atomic E-state index is 12.6. The van der Waals surface area contributed by atoms with Crippen molar-refractivity contribution in [1.29, 1.82) is 0 Å². The van der Waals surface area contributed by atoms with Crippen molar-refractivity contribution < 1.29 is 9.59 Å². The summed E-state index contributed by atoms with van der Waals surface area (Å²) in [5.41, 5.74) is 8.22. The minimum Gasteiger partial charge on any atom is -0.368 e. The number of rotatable bonds is 2. The van der Waals surface area contributed by atoms with Crippen molar-refractivity contribution in [2.45, 2.75) is 19.0 Å². The number of nitrogens with zero attached hydrogens (tertiary/aromatic N) is 1. The molecule has 1 aliphatic heterocycles. The summed E-state index contributed by atoms with van der Waals surface area (Å²) in [4.78, 5) is 26.0. The van der Waals surface area contributed by atoms with Gasteiger partial charge in [0, 0.05) is 18.5 Å². The number of hydrogen-bond acceptors (Lipinski definition) is 2. The molecule has 0 aromatic heterocycles. The minimum absolute atomic E-state index is 0.158. The first kappa shape index (κ1) is 13.4. The summed E-state index contributed by atoms with van der Waals surface area (Å²) >= 11 is 0. The van der Waals surface area contributed by atoms with Crippen molar-refractivity contribution >= 4 is 11.8 Å². The molecule has 2 amide bonds. The molecule has 0 bridgehead atoms. The molecule has 1 unspecified atom stereocenters. The zero-order chi connectivity index (χ0) is 14.8. The van der Waals surface area contributed by atoms with E-state index >= 15 is 0 Å². The summed E-state index contributed by atoms with van der Waals surface area (Å²) in [6.07, 6.45) is 0.476. The predicted octanol–water partition coefficient (Wildman–Crippen LogP) is 1.74. The Balaban J connectivity index is 1.96. The van der Waals surface area contributed by atoms with Crippen LogP contribution in [0.1, 0.15) is 21.5 Å². The SMILES string of the molecule is NC(=O)C1Cc2ccccc2CN1C(=O)c1ccccc1. The number of carbonyl (C=O) groups is 2. The molecule has 2 aromatic carbocycles. The Hall–Kier alpha value is -2.62. The Kier molecular flexibility index (Phi) is 3.44. The molecule has 2 N–H and O–H groups in total. The molecule has 0 saturated carbocycles. The van der Waals surface area contributed by atoms with E-state index in [9.17, 15) is 9.59 Å². The summed E-state index contributed by atoms with van der Waals surface area (Å²) in [5, 5.41) is 0. The molecule has 4 nitrogen and oxygen atoms in total. The third kappa shape index (κ3) is 2.52. The first-order valence-electron chi connectivity index (χ1n) is 6.89. The monoisotopic (exact) mass is 280 g/mol. The van der Waals surface area contributed by atoms with Gasteiger partial charge in [-0.25, -0.2) is 0 Å². The van der Waals surface area contributed by atoms with Crippen LogP contribution in [-0.2, 0) is 17.8 Å². The van der Waals surface area contributed by atoms with E-state index in [1.165, 1.54) is 0 Å². The summed E-state index contributed by atoms with van der Waals surface area (Å²) in [5.74, 6) is -0.623. The molecule has 3 rings (SSSR count). The second kappa shape index (κ2) is 5.40. The van der Waals surface area contributed by atoms with E-state index < -0.39 is 11.9 Å². The van der Waals surface area contributed by atoms with Crippen LogP contribution < -0.4 is 5.73 Å². The summed E-state index contributed by atoms with van der Waals surface area (Å²) in [6, 6.07) is 16.2. The topological polar surface area (TPSA) is 63.4 Å². The number of nitrogens with two attached hydrogens (primary N) is 1. The van der Waals surface area contributed by atoms with Gasteiger partial charge in [-0.15, -0.1) is 0 Å². The first-order chi connectivity index (χ1) is 10.2. The Morgan fingerprint density at radius 2 is 1.57 bits per heavy atom. The largest absolute Gasteiger partial charge is 0.368 e. The molecule has 0 saturated heterocycles. The average Bonchev–Trinajstić information content (AvgIpc) is 2.53. The summed E-state index contributed by atoms with van der Waals surface area (Å²) in [6.45, 7) is 0.414. The van der Waals surface area contributed by atoms with E-state index in [1.807, 2.05) is 42.5 Å². The lowest BCUT2D eigenvalue weighted by molar-refractivity contribution is -0.122. The van der Waals surface area contributed by atoms with Gasteiger partial charge in [0.05, 0.1) is 0 Å². The molecular weight excluding hydrogens is 264 g/mol. The van der Waals surface area contributed by atoms with Crippen molar-refractivity contribution in [3.05, 3.63) is 71.3 Å². The van der Waals surface area contributed by atoms with E-state index in [2.05, 4.69) is 0 Å². The van der Waals surface area contributed by atoms with Crippen LogP contribution >= 0.6 is 0 Å². The number of primary amides is 1. The molecule has 1 heterocycles. The Labute approximate surface area is 123 Å². The average molecular weight is 280 g/mol. The number of carbonyl (C=O) groups excluding carboxylic acids is 2. The van der Waals surface area contributed by atoms with Gasteiger partial charge in [0.15, 0.2) is 0 Å². The Bertz CT molecular complexity index is 682. The number of benzene rings is 2. The van der Waals surface area contributed by atoms with Crippen LogP contribution in [0.5, 0.6) is 0 Å². The fraction of sp³-hybridized carbons (Fsp3) is 0.176. The van der Waals surface area contributed by atoms with Crippen molar-refractivity contribution in [2.24, 2.45) is 5.73 Å². The van der Waals surface area contributed by atoms with Crippen LogP contribution in [0.15, 0.2) is 54.6 Å². The molecule has 0 spiro atoms. The molecule has 4 heteroatoms. The van der Waals surface area contributed by atoms with Crippen LogP contribution in [0.25, 0.3) is 0 Å². The van der Waals surface area contributed by atoms with E-state index in [0.29, 0.717) is 18.5 Å². The lowest BCUT2D eigenvalue weighted by Gasteiger charge is -2.35. The fourth-order valence-electron chi connectivity index (χ4n) is 2.74. The zero-order valence-electron chi connectivity index (χ0n) is 11.5. The molecule has 106 valence electrons. The van der Waals surface area contributed by atoms with E-state index in [4.69, 9.17) is 5.73 Å². The molecule has 0 fully saturated rings.